The highest BCUT2D eigenvalue weighted by atomic mass is 32.2. The van der Waals surface area contributed by atoms with Crippen LogP contribution in [0.5, 0.6) is 5.75 Å². The first-order valence-corrected chi connectivity index (χ1v) is 8.76. The summed E-state index contributed by atoms with van der Waals surface area (Å²) in [6.45, 7) is 3.95. The number of nitrogens with one attached hydrogen (secondary N) is 1. The fourth-order valence-corrected chi connectivity index (χ4v) is 3.09. The van der Waals surface area contributed by atoms with E-state index in [1.165, 1.54) is 32.4 Å². The standard InChI is InChI=1S/C15H24N2O5S/c1-5-15(16,6-2)10-17-23(19,20)11-7-8-12(14(18)22-4)13(9-11)21-3/h7-9,17H,5-6,10,16H2,1-4H3. The van der Waals surface area contributed by atoms with Gasteiger partial charge in [0.1, 0.15) is 11.3 Å². The molecule has 0 bridgehead atoms. The molecule has 3 N–H and O–H groups in total. The zero-order valence-corrected chi connectivity index (χ0v) is 14.7. The van der Waals surface area contributed by atoms with Gasteiger partial charge in [-0.05, 0) is 25.0 Å². The van der Waals surface area contributed by atoms with Crippen LogP contribution in [0, 0.1) is 0 Å². The minimum atomic E-state index is -3.76. The van der Waals surface area contributed by atoms with E-state index in [1.54, 1.807) is 0 Å². The van der Waals surface area contributed by atoms with Crippen molar-refractivity contribution in [2.75, 3.05) is 20.8 Å². The van der Waals surface area contributed by atoms with Crippen molar-refractivity contribution in [3.63, 3.8) is 0 Å². The van der Waals surface area contributed by atoms with Crippen LogP contribution in [0.2, 0.25) is 0 Å². The van der Waals surface area contributed by atoms with Crippen LogP contribution < -0.4 is 15.2 Å². The van der Waals surface area contributed by atoms with Gasteiger partial charge in [-0.2, -0.15) is 0 Å². The third kappa shape index (κ3) is 4.66. The highest BCUT2D eigenvalue weighted by Gasteiger charge is 2.25. The van der Waals surface area contributed by atoms with Crippen LogP contribution in [0.4, 0.5) is 0 Å². The topological polar surface area (TPSA) is 108 Å². The first-order valence-electron chi connectivity index (χ1n) is 7.28. The average Bonchev–Trinajstić information content (AvgIpc) is 2.58. The fourth-order valence-electron chi connectivity index (χ4n) is 1.94. The van der Waals surface area contributed by atoms with E-state index in [2.05, 4.69) is 9.46 Å². The van der Waals surface area contributed by atoms with Gasteiger partial charge in [0.25, 0.3) is 0 Å². The van der Waals surface area contributed by atoms with Crippen molar-refractivity contribution in [1.82, 2.24) is 4.72 Å². The Morgan fingerprint density at radius 2 is 1.87 bits per heavy atom. The largest absolute Gasteiger partial charge is 0.496 e. The average molecular weight is 344 g/mol. The molecule has 0 aliphatic carbocycles. The Morgan fingerprint density at radius 1 is 1.26 bits per heavy atom. The summed E-state index contributed by atoms with van der Waals surface area (Å²) in [5.74, 6) is -0.471. The molecular formula is C15H24N2O5S. The Balaban J connectivity index is 3.08. The van der Waals surface area contributed by atoms with Crippen molar-refractivity contribution in [3.8, 4) is 5.75 Å². The van der Waals surface area contributed by atoms with Crippen molar-refractivity contribution < 1.29 is 22.7 Å². The van der Waals surface area contributed by atoms with Crippen LogP contribution in [0.3, 0.4) is 0 Å². The Kier molecular flexibility index (Phi) is 6.55. The van der Waals surface area contributed by atoms with Crippen LogP contribution in [0.1, 0.15) is 37.0 Å². The van der Waals surface area contributed by atoms with Gasteiger partial charge in [0.05, 0.1) is 19.1 Å². The highest BCUT2D eigenvalue weighted by Crippen LogP contribution is 2.24. The number of nitrogens with two attached hydrogens (primary N) is 1. The number of hydrogen-bond donors (Lipinski definition) is 2. The molecule has 1 rings (SSSR count). The Labute approximate surface area is 137 Å². The van der Waals surface area contributed by atoms with Crippen molar-refractivity contribution in [2.45, 2.75) is 37.1 Å². The Morgan fingerprint density at radius 3 is 2.35 bits per heavy atom. The van der Waals surface area contributed by atoms with Gasteiger partial charge >= 0.3 is 5.97 Å². The number of carbonyl (C=O) groups is 1. The normalized spacial score (nSPS) is 12.0. The summed E-state index contributed by atoms with van der Waals surface area (Å²) in [6.07, 6.45) is 1.30. The number of benzene rings is 1. The van der Waals surface area contributed by atoms with Gasteiger partial charge in [0.2, 0.25) is 10.0 Å². The second-order valence-electron chi connectivity index (χ2n) is 5.25. The maximum atomic E-state index is 12.4. The van der Waals surface area contributed by atoms with Gasteiger partial charge in [-0.3, -0.25) is 0 Å². The maximum Gasteiger partial charge on any atom is 0.341 e. The summed E-state index contributed by atoms with van der Waals surface area (Å²) >= 11 is 0. The summed E-state index contributed by atoms with van der Waals surface area (Å²) < 4.78 is 37.0. The lowest BCUT2D eigenvalue weighted by Gasteiger charge is -2.26. The molecule has 0 saturated carbocycles. The molecule has 0 atom stereocenters. The van der Waals surface area contributed by atoms with E-state index >= 15 is 0 Å². The molecule has 0 heterocycles. The Bertz CT molecular complexity index is 654. The summed E-state index contributed by atoms with van der Waals surface area (Å²) in [5, 5.41) is 0. The van der Waals surface area contributed by atoms with E-state index in [1.807, 2.05) is 13.8 Å². The van der Waals surface area contributed by atoms with E-state index < -0.39 is 21.5 Å². The number of methoxy groups -OCH3 is 2. The van der Waals surface area contributed by atoms with E-state index in [4.69, 9.17) is 10.5 Å². The van der Waals surface area contributed by atoms with Gasteiger partial charge in [-0.15, -0.1) is 0 Å². The molecule has 0 saturated heterocycles. The minimum absolute atomic E-state index is 0.00319. The number of sulfonamides is 1. The van der Waals surface area contributed by atoms with Gasteiger partial charge in [-0.1, -0.05) is 13.8 Å². The molecule has 0 aromatic heterocycles. The monoisotopic (exact) mass is 344 g/mol. The molecule has 8 heteroatoms. The van der Waals surface area contributed by atoms with Gasteiger partial charge in [0.15, 0.2) is 0 Å². The minimum Gasteiger partial charge on any atom is -0.496 e. The summed E-state index contributed by atoms with van der Waals surface area (Å²) in [7, 11) is -1.17. The number of hydrogen-bond acceptors (Lipinski definition) is 6. The molecular weight excluding hydrogens is 320 g/mol. The van der Waals surface area contributed by atoms with E-state index in [9.17, 15) is 13.2 Å². The zero-order chi connectivity index (χ0) is 17.7. The lowest BCUT2D eigenvalue weighted by Crippen LogP contribution is -2.49. The van der Waals surface area contributed by atoms with Gasteiger partial charge in [-0.25, -0.2) is 17.9 Å². The number of carbonyl (C=O) groups excluding carboxylic acids is 1. The molecule has 7 nitrogen and oxygen atoms in total. The predicted molar refractivity (Wildman–Crippen MR) is 87.0 cm³/mol. The molecule has 0 radical (unpaired) electrons. The number of rotatable bonds is 8. The summed E-state index contributed by atoms with van der Waals surface area (Å²) in [4.78, 5) is 11.6. The van der Waals surface area contributed by atoms with Crippen molar-refractivity contribution in [1.29, 1.82) is 0 Å². The van der Waals surface area contributed by atoms with Crippen LogP contribution in [-0.2, 0) is 14.8 Å². The molecule has 130 valence electrons. The fraction of sp³-hybridized carbons (Fsp3) is 0.533. The van der Waals surface area contributed by atoms with Crippen molar-refractivity contribution in [3.05, 3.63) is 23.8 Å². The molecule has 0 aliphatic rings. The summed E-state index contributed by atoms with van der Waals surface area (Å²) in [6, 6.07) is 3.96. The van der Waals surface area contributed by atoms with E-state index in [0.717, 1.165) is 0 Å². The lowest BCUT2D eigenvalue weighted by molar-refractivity contribution is 0.0597. The van der Waals surface area contributed by atoms with Crippen LogP contribution in [0.15, 0.2) is 23.1 Å². The molecule has 0 spiro atoms. The SMILES string of the molecule is CCC(N)(CC)CNS(=O)(=O)c1ccc(C(=O)OC)c(OC)c1. The first-order chi connectivity index (χ1) is 10.7. The smallest absolute Gasteiger partial charge is 0.341 e. The molecule has 0 aliphatic heterocycles. The van der Waals surface area contributed by atoms with Crippen LogP contribution >= 0.6 is 0 Å². The third-order valence-electron chi connectivity index (χ3n) is 3.91. The molecule has 0 amide bonds. The van der Waals surface area contributed by atoms with Gasteiger partial charge < -0.3 is 15.2 Å². The molecule has 1 aromatic rings. The maximum absolute atomic E-state index is 12.4. The lowest BCUT2D eigenvalue weighted by atomic mass is 9.95. The van der Waals surface area contributed by atoms with Crippen molar-refractivity contribution in [2.24, 2.45) is 5.73 Å². The second-order valence-corrected chi connectivity index (χ2v) is 7.01. The van der Waals surface area contributed by atoms with Crippen molar-refractivity contribution >= 4 is 16.0 Å². The second kappa shape index (κ2) is 7.76. The molecule has 23 heavy (non-hydrogen) atoms. The summed E-state index contributed by atoms with van der Waals surface area (Å²) in [5.41, 5.74) is 5.67. The van der Waals surface area contributed by atoms with Crippen LogP contribution in [0.25, 0.3) is 0 Å². The molecule has 0 unspecified atom stereocenters. The van der Waals surface area contributed by atoms with Gasteiger partial charge in [0, 0.05) is 18.2 Å². The zero-order valence-electron chi connectivity index (χ0n) is 13.9. The number of esters is 1. The first kappa shape index (κ1) is 19.4. The van der Waals surface area contributed by atoms with E-state index in [0.29, 0.717) is 12.8 Å². The molecule has 0 fully saturated rings. The molecule has 1 aromatic carbocycles. The quantitative estimate of drug-likeness (QED) is 0.688. The predicted octanol–water partition coefficient (Wildman–Crippen LogP) is 1.28. The number of ether oxygens (including phenoxy) is 2. The Hall–Kier alpha value is -1.64. The van der Waals surface area contributed by atoms with Crippen LogP contribution in [-0.4, -0.2) is 40.7 Å². The third-order valence-corrected chi connectivity index (χ3v) is 5.31. The highest BCUT2D eigenvalue weighted by molar-refractivity contribution is 7.89. The van der Waals surface area contributed by atoms with E-state index in [-0.39, 0.29) is 22.8 Å².